The number of amides is 1. The van der Waals surface area contributed by atoms with Crippen LogP contribution in [-0.2, 0) is 34.0 Å². The Morgan fingerprint density at radius 1 is 1.08 bits per heavy atom. The van der Waals surface area contributed by atoms with Crippen LogP contribution in [-0.4, -0.2) is 32.0 Å². The van der Waals surface area contributed by atoms with E-state index in [1.54, 1.807) is 24.1 Å². The Balaban J connectivity index is 1.71. The van der Waals surface area contributed by atoms with Crippen molar-refractivity contribution < 1.29 is 13.2 Å². The molecule has 0 unspecified atom stereocenters. The highest BCUT2D eigenvalue weighted by molar-refractivity contribution is 7.91. The molecular formula is C19H21NO3S. The summed E-state index contributed by atoms with van der Waals surface area (Å²) in [7, 11) is -1.35. The SMILES string of the molecule is CN(Cc1ccccc1)C(=O)Cc1ccc2c(c1)CCCS2(=O)=O. The lowest BCUT2D eigenvalue weighted by molar-refractivity contribution is -0.129. The third-order valence-electron chi connectivity index (χ3n) is 4.36. The summed E-state index contributed by atoms with van der Waals surface area (Å²) in [6.45, 7) is 0.568. The summed E-state index contributed by atoms with van der Waals surface area (Å²) in [5.74, 6) is 0.246. The van der Waals surface area contributed by atoms with Gasteiger partial charge in [-0.25, -0.2) is 8.42 Å². The Kier molecular flexibility index (Phi) is 4.71. The lowest BCUT2D eigenvalue weighted by Crippen LogP contribution is -2.27. The Morgan fingerprint density at radius 3 is 2.58 bits per heavy atom. The van der Waals surface area contributed by atoms with Crippen LogP contribution in [0.4, 0.5) is 0 Å². The van der Waals surface area contributed by atoms with E-state index in [-0.39, 0.29) is 18.1 Å². The zero-order valence-electron chi connectivity index (χ0n) is 13.7. The van der Waals surface area contributed by atoms with E-state index in [0.29, 0.717) is 17.9 Å². The van der Waals surface area contributed by atoms with E-state index in [0.717, 1.165) is 23.1 Å². The first-order chi connectivity index (χ1) is 11.5. The van der Waals surface area contributed by atoms with Gasteiger partial charge in [0.1, 0.15) is 0 Å². The van der Waals surface area contributed by atoms with Gasteiger partial charge in [-0.3, -0.25) is 4.79 Å². The normalized spacial score (nSPS) is 15.5. The summed E-state index contributed by atoms with van der Waals surface area (Å²) < 4.78 is 24.1. The maximum Gasteiger partial charge on any atom is 0.227 e. The molecule has 5 heteroatoms. The summed E-state index contributed by atoms with van der Waals surface area (Å²) in [5.41, 5.74) is 2.80. The number of rotatable bonds is 4. The molecule has 0 fully saturated rings. The van der Waals surface area contributed by atoms with Crippen LogP contribution >= 0.6 is 0 Å². The van der Waals surface area contributed by atoms with Crippen LogP contribution in [0.5, 0.6) is 0 Å². The quantitative estimate of drug-likeness (QED) is 0.857. The van der Waals surface area contributed by atoms with E-state index in [2.05, 4.69) is 0 Å². The molecule has 2 aromatic carbocycles. The van der Waals surface area contributed by atoms with Gasteiger partial charge < -0.3 is 4.90 Å². The molecule has 3 rings (SSSR count). The summed E-state index contributed by atoms with van der Waals surface area (Å²) >= 11 is 0. The average molecular weight is 343 g/mol. The molecule has 0 spiro atoms. The molecule has 1 aliphatic rings. The second kappa shape index (κ2) is 6.77. The predicted octanol–water partition coefficient (Wildman–Crippen LogP) is 2.61. The van der Waals surface area contributed by atoms with Crippen molar-refractivity contribution in [2.45, 2.75) is 30.7 Å². The summed E-state index contributed by atoms with van der Waals surface area (Å²) in [5, 5.41) is 0. The molecule has 1 heterocycles. The number of hydrogen-bond acceptors (Lipinski definition) is 3. The Morgan fingerprint density at radius 2 is 1.83 bits per heavy atom. The van der Waals surface area contributed by atoms with E-state index < -0.39 is 9.84 Å². The van der Waals surface area contributed by atoms with Gasteiger partial charge in [-0.15, -0.1) is 0 Å². The number of fused-ring (bicyclic) bond motifs is 1. The monoisotopic (exact) mass is 343 g/mol. The van der Waals surface area contributed by atoms with Crippen LogP contribution in [0.2, 0.25) is 0 Å². The van der Waals surface area contributed by atoms with Crippen LogP contribution < -0.4 is 0 Å². The molecule has 2 aromatic rings. The lowest BCUT2D eigenvalue weighted by Gasteiger charge is -2.19. The number of aryl methyl sites for hydroxylation is 1. The van der Waals surface area contributed by atoms with Crippen molar-refractivity contribution in [3.63, 3.8) is 0 Å². The molecule has 0 radical (unpaired) electrons. The van der Waals surface area contributed by atoms with Crippen molar-refractivity contribution in [1.82, 2.24) is 4.90 Å². The van der Waals surface area contributed by atoms with E-state index in [1.807, 2.05) is 36.4 Å². The summed E-state index contributed by atoms with van der Waals surface area (Å²) in [4.78, 5) is 14.6. The highest BCUT2D eigenvalue weighted by Crippen LogP contribution is 2.26. The molecule has 0 aliphatic carbocycles. The first-order valence-corrected chi connectivity index (χ1v) is 9.73. The van der Waals surface area contributed by atoms with Gasteiger partial charge >= 0.3 is 0 Å². The predicted molar refractivity (Wildman–Crippen MR) is 93.4 cm³/mol. The van der Waals surface area contributed by atoms with Crippen molar-refractivity contribution in [3.8, 4) is 0 Å². The van der Waals surface area contributed by atoms with Crippen LogP contribution in [0.3, 0.4) is 0 Å². The first kappa shape index (κ1) is 16.7. The Bertz CT molecular complexity index is 844. The highest BCUT2D eigenvalue weighted by atomic mass is 32.2. The standard InChI is InChI=1S/C19H21NO3S/c1-20(14-15-6-3-2-4-7-15)19(21)13-16-9-10-18-17(12-16)8-5-11-24(18,22)23/h2-4,6-7,9-10,12H,5,8,11,13-14H2,1H3. The Labute approximate surface area is 143 Å². The fraction of sp³-hybridized carbons (Fsp3) is 0.316. The number of sulfone groups is 1. The third kappa shape index (κ3) is 3.67. The molecular weight excluding hydrogens is 322 g/mol. The minimum absolute atomic E-state index is 0.0254. The summed E-state index contributed by atoms with van der Waals surface area (Å²) in [6, 6.07) is 15.1. The highest BCUT2D eigenvalue weighted by Gasteiger charge is 2.23. The molecule has 0 bridgehead atoms. The number of benzene rings is 2. The van der Waals surface area contributed by atoms with Gasteiger partial charge in [0.25, 0.3) is 0 Å². The molecule has 0 aromatic heterocycles. The topological polar surface area (TPSA) is 54.5 Å². The van der Waals surface area contributed by atoms with E-state index in [4.69, 9.17) is 0 Å². The van der Waals surface area contributed by atoms with Crippen LogP contribution in [0.1, 0.15) is 23.1 Å². The zero-order chi connectivity index (χ0) is 17.2. The maximum absolute atomic E-state index is 12.4. The second-order valence-corrected chi connectivity index (χ2v) is 8.35. The second-order valence-electron chi connectivity index (χ2n) is 6.28. The molecule has 0 saturated carbocycles. The molecule has 4 nitrogen and oxygen atoms in total. The van der Waals surface area contributed by atoms with Crippen molar-refractivity contribution >= 4 is 15.7 Å². The van der Waals surface area contributed by atoms with Crippen LogP contribution in [0.15, 0.2) is 53.4 Å². The number of nitrogens with zero attached hydrogens (tertiary/aromatic N) is 1. The number of hydrogen-bond donors (Lipinski definition) is 0. The molecule has 1 aliphatic heterocycles. The number of carbonyl (C=O) groups excluding carboxylic acids is 1. The van der Waals surface area contributed by atoms with Crippen LogP contribution in [0.25, 0.3) is 0 Å². The first-order valence-electron chi connectivity index (χ1n) is 8.08. The maximum atomic E-state index is 12.4. The average Bonchev–Trinajstić information content (AvgIpc) is 2.55. The van der Waals surface area contributed by atoms with E-state index >= 15 is 0 Å². The van der Waals surface area contributed by atoms with Crippen molar-refractivity contribution in [1.29, 1.82) is 0 Å². The van der Waals surface area contributed by atoms with Gasteiger partial charge in [0.15, 0.2) is 9.84 Å². The molecule has 1 amide bonds. The van der Waals surface area contributed by atoms with Gasteiger partial charge in [0.05, 0.1) is 17.1 Å². The molecule has 0 atom stereocenters. The van der Waals surface area contributed by atoms with E-state index in [1.165, 1.54) is 0 Å². The van der Waals surface area contributed by atoms with Gasteiger partial charge in [-0.05, 0) is 35.6 Å². The van der Waals surface area contributed by atoms with Crippen molar-refractivity contribution in [2.24, 2.45) is 0 Å². The lowest BCUT2D eigenvalue weighted by atomic mass is 10.0. The van der Waals surface area contributed by atoms with Crippen molar-refractivity contribution in [2.75, 3.05) is 12.8 Å². The molecule has 126 valence electrons. The van der Waals surface area contributed by atoms with Crippen LogP contribution in [0, 0.1) is 0 Å². The van der Waals surface area contributed by atoms with Gasteiger partial charge in [0.2, 0.25) is 5.91 Å². The van der Waals surface area contributed by atoms with Gasteiger partial charge in [-0.1, -0.05) is 42.5 Å². The molecule has 24 heavy (non-hydrogen) atoms. The Hall–Kier alpha value is -2.14. The number of likely N-dealkylation sites (N-methyl/N-ethyl adjacent to an activating group) is 1. The summed E-state index contributed by atoms with van der Waals surface area (Å²) in [6.07, 6.45) is 1.70. The molecule has 0 N–H and O–H groups in total. The molecule has 0 saturated heterocycles. The zero-order valence-corrected chi connectivity index (χ0v) is 14.6. The minimum atomic E-state index is -3.14. The van der Waals surface area contributed by atoms with Gasteiger partial charge in [0, 0.05) is 13.6 Å². The number of carbonyl (C=O) groups is 1. The largest absolute Gasteiger partial charge is 0.341 e. The smallest absolute Gasteiger partial charge is 0.227 e. The minimum Gasteiger partial charge on any atom is -0.341 e. The van der Waals surface area contributed by atoms with E-state index in [9.17, 15) is 13.2 Å². The van der Waals surface area contributed by atoms with Crippen molar-refractivity contribution in [3.05, 3.63) is 65.2 Å². The fourth-order valence-corrected chi connectivity index (χ4v) is 4.64. The third-order valence-corrected chi connectivity index (χ3v) is 6.26. The van der Waals surface area contributed by atoms with Gasteiger partial charge in [-0.2, -0.15) is 0 Å². The fourth-order valence-electron chi connectivity index (χ4n) is 3.06.